The Balaban J connectivity index is 2.71. The normalized spacial score (nSPS) is 11.5. The van der Waals surface area contributed by atoms with Gasteiger partial charge in [0.1, 0.15) is 0 Å². The summed E-state index contributed by atoms with van der Waals surface area (Å²) in [4.78, 5) is 25.2. The van der Waals surface area contributed by atoms with Gasteiger partial charge in [-0.3, -0.25) is 4.79 Å². The third-order valence-corrected chi connectivity index (χ3v) is 4.28. The van der Waals surface area contributed by atoms with E-state index in [0.717, 1.165) is 5.56 Å². The van der Waals surface area contributed by atoms with E-state index in [2.05, 4.69) is 5.32 Å². The maximum atomic E-state index is 12.6. The number of esters is 1. The fourth-order valence-corrected chi connectivity index (χ4v) is 2.82. The predicted molar refractivity (Wildman–Crippen MR) is 115 cm³/mol. The number of methoxy groups -OCH3 is 4. The predicted octanol–water partition coefficient (Wildman–Crippen LogP) is 3.10. The number of hydrogen-bond acceptors (Lipinski definition) is 6. The molecule has 0 aromatic heterocycles. The van der Waals surface area contributed by atoms with Gasteiger partial charge in [0.2, 0.25) is 5.75 Å². The summed E-state index contributed by atoms with van der Waals surface area (Å²) in [6.07, 6.45) is 3.17. The summed E-state index contributed by atoms with van der Waals surface area (Å²) < 4.78 is 21.0. The molecule has 1 N–H and O–H groups in total. The third kappa shape index (κ3) is 5.20. The molecule has 0 atom stereocenters. The Morgan fingerprint density at radius 3 is 1.83 bits per heavy atom. The molecule has 7 nitrogen and oxygen atoms in total. The van der Waals surface area contributed by atoms with Crippen LogP contribution in [0, 0.1) is 0 Å². The smallest absolute Gasteiger partial charge is 0.338 e. The minimum Gasteiger partial charge on any atom is -0.493 e. The molecule has 0 aliphatic carbocycles. The lowest BCUT2D eigenvalue weighted by Crippen LogP contribution is -2.24. The van der Waals surface area contributed by atoms with Crippen LogP contribution < -0.4 is 19.5 Å². The number of nitrogens with one attached hydrogen (secondary N) is 1. The third-order valence-electron chi connectivity index (χ3n) is 4.28. The van der Waals surface area contributed by atoms with Gasteiger partial charge in [0.05, 0.1) is 39.6 Å². The quantitative estimate of drug-likeness (QED) is 0.408. The van der Waals surface area contributed by atoms with Crippen LogP contribution in [-0.4, -0.2) is 47.4 Å². The summed E-state index contributed by atoms with van der Waals surface area (Å²) in [6.45, 7) is 0. The van der Waals surface area contributed by atoms with Crippen molar-refractivity contribution >= 4 is 24.0 Å². The second-order valence-electron chi connectivity index (χ2n) is 6.06. The molecule has 7 heteroatoms. The van der Waals surface area contributed by atoms with E-state index < -0.39 is 11.9 Å². The van der Waals surface area contributed by atoms with E-state index in [1.807, 2.05) is 30.3 Å². The number of rotatable bonds is 8. The molecule has 0 saturated heterocycles. The van der Waals surface area contributed by atoms with Gasteiger partial charge in [-0.2, -0.15) is 0 Å². The highest BCUT2D eigenvalue weighted by Crippen LogP contribution is 2.39. The van der Waals surface area contributed by atoms with Gasteiger partial charge in [0.15, 0.2) is 11.5 Å². The molecule has 0 heterocycles. The van der Waals surface area contributed by atoms with Crippen molar-refractivity contribution in [3.63, 3.8) is 0 Å². The van der Waals surface area contributed by atoms with E-state index in [9.17, 15) is 9.59 Å². The van der Waals surface area contributed by atoms with Crippen LogP contribution in [0.1, 0.15) is 11.1 Å². The Kier molecular flexibility index (Phi) is 8.05. The fraction of sp³-hybridized carbons (Fsp3) is 0.217. The number of hydrogen-bond donors (Lipinski definition) is 1. The zero-order chi connectivity index (χ0) is 22.1. The summed E-state index contributed by atoms with van der Waals surface area (Å²) in [5.74, 6) is 0.169. The lowest BCUT2D eigenvalue weighted by Gasteiger charge is -2.14. The number of amides is 1. The molecule has 0 bridgehead atoms. The Morgan fingerprint density at radius 2 is 1.37 bits per heavy atom. The SMILES string of the molecule is CNC(=O)C(=C\c1ccccc1)/C(=C\c1cc(OC)c(OC)c(OC)c1)C(=O)OC. The average molecular weight is 411 g/mol. The van der Waals surface area contributed by atoms with E-state index >= 15 is 0 Å². The summed E-state index contributed by atoms with van der Waals surface area (Å²) in [6, 6.07) is 12.6. The molecule has 158 valence electrons. The number of benzene rings is 2. The Bertz CT molecular complexity index is 938. The molecule has 2 rings (SSSR count). The van der Waals surface area contributed by atoms with Crippen LogP contribution in [0.3, 0.4) is 0 Å². The molecule has 2 aromatic carbocycles. The number of carbonyl (C=O) groups excluding carboxylic acids is 2. The van der Waals surface area contributed by atoms with Gasteiger partial charge in [0, 0.05) is 7.05 Å². The van der Waals surface area contributed by atoms with Gasteiger partial charge >= 0.3 is 5.97 Å². The second-order valence-corrected chi connectivity index (χ2v) is 6.06. The first-order valence-electron chi connectivity index (χ1n) is 9.08. The Morgan fingerprint density at radius 1 is 0.800 bits per heavy atom. The van der Waals surface area contributed by atoms with Crippen LogP contribution in [0.5, 0.6) is 17.2 Å². The lowest BCUT2D eigenvalue weighted by molar-refractivity contribution is -0.136. The van der Waals surface area contributed by atoms with E-state index in [1.54, 1.807) is 24.3 Å². The van der Waals surface area contributed by atoms with Gasteiger partial charge in [-0.25, -0.2) is 4.79 Å². The van der Waals surface area contributed by atoms with E-state index in [4.69, 9.17) is 18.9 Å². The van der Waals surface area contributed by atoms with Crippen LogP contribution in [-0.2, 0) is 14.3 Å². The molecule has 1 amide bonds. The molecule has 0 aliphatic heterocycles. The molecule has 0 fully saturated rings. The van der Waals surface area contributed by atoms with Gasteiger partial charge in [-0.05, 0) is 35.4 Å². The Labute approximate surface area is 175 Å². The van der Waals surface area contributed by atoms with Crippen molar-refractivity contribution in [2.45, 2.75) is 0 Å². The largest absolute Gasteiger partial charge is 0.493 e. The van der Waals surface area contributed by atoms with Crippen LogP contribution in [0.4, 0.5) is 0 Å². The molecule has 0 unspecified atom stereocenters. The maximum Gasteiger partial charge on any atom is 0.338 e. The van der Waals surface area contributed by atoms with Gasteiger partial charge < -0.3 is 24.3 Å². The molecular weight excluding hydrogens is 386 g/mol. The molecule has 0 radical (unpaired) electrons. The van der Waals surface area contributed by atoms with Crippen LogP contribution in [0.2, 0.25) is 0 Å². The zero-order valence-corrected chi connectivity index (χ0v) is 17.6. The minimum absolute atomic E-state index is 0.0787. The molecule has 2 aromatic rings. The van der Waals surface area contributed by atoms with Crippen molar-refractivity contribution in [3.8, 4) is 17.2 Å². The average Bonchev–Trinajstić information content (AvgIpc) is 2.79. The van der Waals surface area contributed by atoms with Gasteiger partial charge in [0.25, 0.3) is 5.91 Å². The van der Waals surface area contributed by atoms with Crippen molar-refractivity contribution in [2.75, 3.05) is 35.5 Å². The lowest BCUT2D eigenvalue weighted by atomic mass is 9.99. The number of carbonyl (C=O) groups is 2. The van der Waals surface area contributed by atoms with Crippen LogP contribution in [0.15, 0.2) is 53.6 Å². The molecular formula is C23H25NO6. The molecule has 0 spiro atoms. The first-order chi connectivity index (χ1) is 14.5. The van der Waals surface area contributed by atoms with E-state index in [0.29, 0.717) is 22.8 Å². The van der Waals surface area contributed by atoms with E-state index in [1.165, 1.54) is 35.5 Å². The molecule has 0 aliphatic rings. The first kappa shape index (κ1) is 22.5. The zero-order valence-electron chi connectivity index (χ0n) is 17.6. The molecule has 30 heavy (non-hydrogen) atoms. The van der Waals surface area contributed by atoms with Gasteiger partial charge in [-0.15, -0.1) is 0 Å². The standard InChI is InChI=1S/C23H25NO6/c1-24-22(25)17(11-15-9-7-6-8-10-15)18(23(26)30-5)12-16-13-19(27-2)21(29-4)20(14-16)28-3/h6-14H,1-5H3,(H,24,25)/b17-11-,18-12+. The van der Waals surface area contributed by atoms with Crippen molar-refractivity contribution < 1.29 is 28.5 Å². The highest BCUT2D eigenvalue weighted by Gasteiger charge is 2.22. The first-order valence-corrected chi connectivity index (χ1v) is 9.08. The highest BCUT2D eigenvalue weighted by molar-refractivity contribution is 6.14. The number of ether oxygens (including phenoxy) is 4. The second kappa shape index (κ2) is 10.7. The highest BCUT2D eigenvalue weighted by atomic mass is 16.5. The minimum atomic E-state index is -0.658. The maximum absolute atomic E-state index is 12.6. The van der Waals surface area contributed by atoms with Crippen molar-refractivity contribution in [3.05, 3.63) is 64.7 Å². The number of likely N-dealkylation sites (N-methyl/N-ethyl adjacent to an activating group) is 1. The molecule has 0 saturated carbocycles. The fourth-order valence-electron chi connectivity index (χ4n) is 2.82. The van der Waals surface area contributed by atoms with Crippen molar-refractivity contribution in [1.29, 1.82) is 0 Å². The monoisotopic (exact) mass is 411 g/mol. The van der Waals surface area contributed by atoms with Gasteiger partial charge in [-0.1, -0.05) is 30.3 Å². The summed E-state index contributed by atoms with van der Waals surface area (Å²) in [7, 11) is 7.25. The van der Waals surface area contributed by atoms with Crippen molar-refractivity contribution in [2.24, 2.45) is 0 Å². The van der Waals surface area contributed by atoms with Crippen LogP contribution >= 0.6 is 0 Å². The van der Waals surface area contributed by atoms with Crippen LogP contribution in [0.25, 0.3) is 12.2 Å². The summed E-state index contributed by atoms with van der Waals surface area (Å²) >= 11 is 0. The summed E-state index contributed by atoms with van der Waals surface area (Å²) in [5, 5.41) is 2.57. The topological polar surface area (TPSA) is 83.1 Å². The Hall–Kier alpha value is -3.74. The van der Waals surface area contributed by atoms with E-state index in [-0.39, 0.29) is 11.1 Å². The summed E-state index contributed by atoms with van der Waals surface area (Å²) in [5.41, 5.74) is 1.56. The van der Waals surface area contributed by atoms with Crippen molar-refractivity contribution in [1.82, 2.24) is 5.32 Å².